The molecule has 0 atom stereocenters. The van der Waals surface area contributed by atoms with Crippen molar-refractivity contribution in [2.75, 3.05) is 20.3 Å². The van der Waals surface area contributed by atoms with E-state index in [9.17, 15) is 4.79 Å². The van der Waals surface area contributed by atoms with Crippen molar-refractivity contribution in [3.63, 3.8) is 0 Å². The number of halogens is 1. The molecular weight excluding hydrogens is 292 g/mol. The fraction of sp³-hybridized carbons (Fsp3) is 0.533. The Hall–Kier alpha value is -1.30. The molecular formula is C15H25ClN2O3. The Labute approximate surface area is 132 Å². The molecule has 0 heterocycles. The third kappa shape index (κ3) is 6.80. The number of rotatable bonds is 7. The van der Waals surface area contributed by atoms with E-state index in [0.717, 1.165) is 16.9 Å². The largest absolute Gasteiger partial charge is 0.491 e. The van der Waals surface area contributed by atoms with Crippen LogP contribution >= 0.6 is 12.4 Å². The fourth-order valence-corrected chi connectivity index (χ4v) is 1.58. The smallest absolute Gasteiger partial charge is 0.239 e. The number of hydrogen-bond donors (Lipinski definition) is 2. The predicted molar refractivity (Wildman–Crippen MR) is 85.9 cm³/mol. The molecule has 0 saturated carbocycles. The van der Waals surface area contributed by atoms with E-state index < -0.39 is 5.54 Å². The molecule has 120 valence electrons. The van der Waals surface area contributed by atoms with Crippen molar-refractivity contribution in [2.24, 2.45) is 5.73 Å². The van der Waals surface area contributed by atoms with Gasteiger partial charge in [0.25, 0.3) is 0 Å². The molecule has 3 N–H and O–H groups in total. The minimum absolute atomic E-state index is 0. The third-order valence-electron chi connectivity index (χ3n) is 2.79. The van der Waals surface area contributed by atoms with Crippen molar-refractivity contribution in [1.29, 1.82) is 0 Å². The minimum atomic E-state index is -0.887. The average molecular weight is 317 g/mol. The number of benzene rings is 1. The summed E-state index contributed by atoms with van der Waals surface area (Å²) >= 11 is 0. The summed E-state index contributed by atoms with van der Waals surface area (Å²) in [5.74, 6) is 0.568. The summed E-state index contributed by atoms with van der Waals surface area (Å²) in [6.07, 6.45) is 0. The van der Waals surface area contributed by atoms with Crippen LogP contribution in [0.25, 0.3) is 0 Å². The summed E-state index contributed by atoms with van der Waals surface area (Å²) in [6.45, 7) is 6.73. The highest BCUT2D eigenvalue weighted by molar-refractivity contribution is 5.85. The van der Waals surface area contributed by atoms with Gasteiger partial charge in [0, 0.05) is 19.2 Å². The van der Waals surface area contributed by atoms with Crippen LogP contribution in [0, 0.1) is 6.92 Å². The average Bonchev–Trinajstić information content (AvgIpc) is 2.36. The second-order valence-corrected chi connectivity index (χ2v) is 5.36. The molecule has 6 heteroatoms. The first-order valence-corrected chi connectivity index (χ1v) is 6.63. The Bertz CT molecular complexity index is 459. The lowest BCUT2D eigenvalue weighted by molar-refractivity contribution is -0.125. The van der Waals surface area contributed by atoms with Crippen molar-refractivity contribution in [3.05, 3.63) is 29.3 Å². The van der Waals surface area contributed by atoms with Gasteiger partial charge in [-0.1, -0.05) is 12.1 Å². The molecule has 1 amide bonds. The highest BCUT2D eigenvalue weighted by Crippen LogP contribution is 2.20. The van der Waals surface area contributed by atoms with Crippen molar-refractivity contribution in [1.82, 2.24) is 5.32 Å². The van der Waals surface area contributed by atoms with Crippen molar-refractivity contribution in [2.45, 2.75) is 32.9 Å². The van der Waals surface area contributed by atoms with E-state index in [1.807, 2.05) is 25.1 Å². The molecule has 0 aliphatic rings. The van der Waals surface area contributed by atoms with Crippen LogP contribution in [-0.4, -0.2) is 31.8 Å². The number of aryl methyl sites for hydroxylation is 1. The van der Waals surface area contributed by atoms with Gasteiger partial charge in [0.15, 0.2) is 0 Å². The van der Waals surface area contributed by atoms with Gasteiger partial charge in [-0.2, -0.15) is 0 Å². The summed E-state index contributed by atoms with van der Waals surface area (Å²) in [4.78, 5) is 11.8. The number of carbonyl (C=O) groups excluding carboxylic acids is 1. The zero-order valence-electron chi connectivity index (χ0n) is 13.1. The summed E-state index contributed by atoms with van der Waals surface area (Å²) in [6, 6.07) is 5.88. The molecule has 1 aromatic carbocycles. The molecule has 5 nitrogen and oxygen atoms in total. The lowest BCUT2D eigenvalue weighted by Crippen LogP contribution is -2.48. The highest BCUT2D eigenvalue weighted by Gasteiger charge is 2.21. The van der Waals surface area contributed by atoms with Gasteiger partial charge in [0.05, 0.1) is 12.1 Å². The van der Waals surface area contributed by atoms with E-state index >= 15 is 0 Å². The zero-order chi connectivity index (χ0) is 15.2. The van der Waals surface area contributed by atoms with Gasteiger partial charge in [-0.3, -0.25) is 4.79 Å². The van der Waals surface area contributed by atoms with Gasteiger partial charge in [0.1, 0.15) is 12.4 Å². The van der Waals surface area contributed by atoms with Crippen LogP contribution < -0.4 is 15.8 Å². The Morgan fingerprint density at radius 1 is 1.33 bits per heavy atom. The quantitative estimate of drug-likeness (QED) is 0.752. The Morgan fingerprint density at radius 3 is 2.57 bits per heavy atom. The maximum absolute atomic E-state index is 11.8. The van der Waals surface area contributed by atoms with E-state index in [1.165, 1.54) is 0 Å². The molecule has 0 unspecified atom stereocenters. The number of carbonyl (C=O) groups is 1. The van der Waals surface area contributed by atoms with Crippen molar-refractivity contribution >= 4 is 18.3 Å². The van der Waals surface area contributed by atoms with Crippen LogP contribution in [0.1, 0.15) is 25.0 Å². The van der Waals surface area contributed by atoms with E-state index in [0.29, 0.717) is 19.8 Å². The van der Waals surface area contributed by atoms with Crippen LogP contribution in [0.5, 0.6) is 5.75 Å². The SMILES string of the molecule is COCCOc1cc(C)ccc1CNC(=O)C(C)(C)N.Cl. The number of ether oxygens (including phenoxy) is 2. The van der Waals surface area contributed by atoms with Gasteiger partial charge in [-0.25, -0.2) is 0 Å². The van der Waals surface area contributed by atoms with Gasteiger partial charge in [-0.05, 0) is 32.4 Å². The zero-order valence-corrected chi connectivity index (χ0v) is 13.9. The van der Waals surface area contributed by atoms with Crippen molar-refractivity contribution in [3.8, 4) is 5.75 Å². The molecule has 0 aromatic heterocycles. The second-order valence-electron chi connectivity index (χ2n) is 5.36. The molecule has 0 saturated heterocycles. The Kier molecular flexibility index (Phi) is 8.32. The first-order chi connectivity index (χ1) is 9.34. The van der Waals surface area contributed by atoms with Crippen LogP contribution in [-0.2, 0) is 16.1 Å². The lowest BCUT2D eigenvalue weighted by Gasteiger charge is -2.19. The monoisotopic (exact) mass is 316 g/mol. The van der Waals surface area contributed by atoms with E-state index in [-0.39, 0.29) is 18.3 Å². The number of nitrogens with one attached hydrogen (secondary N) is 1. The van der Waals surface area contributed by atoms with E-state index in [2.05, 4.69) is 5.32 Å². The van der Waals surface area contributed by atoms with Crippen LogP contribution in [0.2, 0.25) is 0 Å². The maximum Gasteiger partial charge on any atom is 0.239 e. The molecule has 21 heavy (non-hydrogen) atoms. The van der Waals surface area contributed by atoms with Crippen LogP contribution in [0.15, 0.2) is 18.2 Å². The fourth-order valence-electron chi connectivity index (χ4n) is 1.58. The molecule has 0 fully saturated rings. The van der Waals surface area contributed by atoms with Crippen LogP contribution in [0.3, 0.4) is 0 Å². The number of amides is 1. The normalized spacial score (nSPS) is 10.7. The van der Waals surface area contributed by atoms with E-state index in [4.69, 9.17) is 15.2 Å². The molecule has 0 aliphatic carbocycles. The summed E-state index contributed by atoms with van der Waals surface area (Å²) in [7, 11) is 1.63. The molecule has 0 spiro atoms. The van der Waals surface area contributed by atoms with Gasteiger partial charge < -0.3 is 20.5 Å². The first kappa shape index (κ1) is 19.7. The summed E-state index contributed by atoms with van der Waals surface area (Å²) < 4.78 is 10.6. The van der Waals surface area contributed by atoms with E-state index in [1.54, 1.807) is 21.0 Å². The van der Waals surface area contributed by atoms with Gasteiger partial charge in [0.2, 0.25) is 5.91 Å². The van der Waals surface area contributed by atoms with Gasteiger partial charge >= 0.3 is 0 Å². The number of hydrogen-bond acceptors (Lipinski definition) is 4. The molecule has 0 aliphatic heterocycles. The van der Waals surface area contributed by atoms with Crippen LogP contribution in [0.4, 0.5) is 0 Å². The lowest BCUT2D eigenvalue weighted by atomic mass is 10.1. The molecule has 0 bridgehead atoms. The Morgan fingerprint density at radius 2 is 2.00 bits per heavy atom. The Balaban J connectivity index is 0.00000400. The number of methoxy groups -OCH3 is 1. The van der Waals surface area contributed by atoms with Gasteiger partial charge in [-0.15, -0.1) is 12.4 Å². The molecule has 0 radical (unpaired) electrons. The minimum Gasteiger partial charge on any atom is -0.491 e. The standard InChI is InChI=1S/C15H24N2O3.ClH/c1-11-5-6-12(10-17-14(18)15(2,3)16)13(9-11)20-8-7-19-4;/h5-6,9H,7-8,10,16H2,1-4H3,(H,17,18);1H. The summed E-state index contributed by atoms with van der Waals surface area (Å²) in [5, 5.41) is 2.81. The predicted octanol–water partition coefficient (Wildman–Crippen LogP) is 1.80. The topological polar surface area (TPSA) is 73.6 Å². The molecule has 1 aromatic rings. The summed E-state index contributed by atoms with van der Waals surface area (Å²) in [5.41, 5.74) is 6.88. The maximum atomic E-state index is 11.8. The second kappa shape index (κ2) is 8.87. The first-order valence-electron chi connectivity index (χ1n) is 6.63. The van der Waals surface area contributed by atoms with Crippen molar-refractivity contribution < 1.29 is 14.3 Å². The highest BCUT2D eigenvalue weighted by atomic mass is 35.5. The molecule has 1 rings (SSSR count). The third-order valence-corrected chi connectivity index (χ3v) is 2.79. The number of nitrogens with two attached hydrogens (primary N) is 1.